The van der Waals surface area contributed by atoms with Crippen molar-refractivity contribution in [3.63, 3.8) is 0 Å². The smallest absolute Gasteiger partial charge is 0.261 e. The molecule has 1 aromatic carbocycles. The van der Waals surface area contributed by atoms with Crippen LogP contribution < -0.4 is 5.32 Å². The molecule has 1 amide bonds. The number of para-hydroxylation sites is 1. The zero-order chi connectivity index (χ0) is 13.5. The van der Waals surface area contributed by atoms with Gasteiger partial charge in [-0.15, -0.1) is 0 Å². The topological polar surface area (TPSA) is 67.1 Å². The summed E-state index contributed by atoms with van der Waals surface area (Å²) < 4.78 is 1.75. The Kier molecular flexibility index (Phi) is 2.64. The standard InChI is InChI=1S/C14H15N3O2/c1-17-10(7-9-15-17)6-8-14(19)11-4-2-3-5-12(11)16-13(14)18/h2-5,7,9,19H,6,8H2,1H3,(H,16,18). The number of benzene rings is 1. The predicted octanol–water partition coefficient (Wildman–Crippen LogP) is 1.19. The lowest BCUT2D eigenvalue weighted by Crippen LogP contribution is -2.34. The Morgan fingerprint density at radius 3 is 2.89 bits per heavy atom. The van der Waals surface area contributed by atoms with Crippen molar-refractivity contribution in [1.82, 2.24) is 9.78 Å². The SMILES string of the molecule is Cn1nccc1CCC1(O)C(=O)Nc2ccccc21. The van der Waals surface area contributed by atoms with E-state index in [0.29, 0.717) is 24.1 Å². The summed E-state index contributed by atoms with van der Waals surface area (Å²) in [5.41, 5.74) is 0.897. The molecule has 1 unspecified atom stereocenters. The Hall–Kier alpha value is -2.14. The van der Waals surface area contributed by atoms with E-state index in [1.807, 2.05) is 25.2 Å². The number of hydrogen-bond donors (Lipinski definition) is 2. The normalized spacial score (nSPS) is 21.3. The van der Waals surface area contributed by atoms with Gasteiger partial charge in [-0.1, -0.05) is 18.2 Å². The van der Waals surface area contributed by atoms with Gasteiger partial charge in [0.1, 0.15) is 0 Å². The van der Waals surface area contributed by atoms with Crippen LogP contribution in [0.4, 0.5) is 5.69 Å². The minimum atomic E-state index is -1.44. The Bertz CT molecular complexity index is 635. The molecule has 1 aliphatic heterocycles. The van der Waals surface area contributed by atoms with Gasteiger partial charge in [-0.2, -0.15) is 5.10 Å². The molecule has 0 fully saturated rings. The molecule has 0 saturated heterocycles. The van der Waals surface area contributed by atoms with Gasteiger partial charge in [0.25, 0.3) is 5.91 Å². The summed E-state index contributed by atoms with van der Waals surface area (Å²) in [7, 11) is 1.85. The lowest BCUT2D eigenvalue weighted by atomic mass is 9.90. The van der Waals surface area contributed by atoms with Gasteiger partial charge in [0.15, 0.2) is 5.60 Å². The molecule has 0 bridgehead atoms. The highest BCUT2D eigenvalue weighted by Crippen LogP contribution is 2.38. The average Bonchev–Trinajstić information content (AvgIpc) is 2.91. The predicted molar refractivity (Wildman–Crippen MR) is 70.5 cm³/mol. The summed E-state index contributed by atoms with van der Waals surface area (Å²) in [5.74, 6) is -0.351. The van der Waals surface area contributed by atoms with Gasteiger partial charge in [-0.25, -0.2) is 0 Å². The van der Waals surface area contributed by atoms with Crippen LogP contribution in [0.2, 0.25) is 0 Å². The molecular weight excluding hydrogens is 242 g/mol. The van der Waals surface area contributed by atoms with Crippen LogP contribution in [-0.2, 0) is 23.9 Å². The second kappa shape index (κ2) is 4.20. The van der Waals surface area contributed by atoms with Crippen molar-refractivity contribution in [2.75, 3.05) is 5.32 Å². The van der Waals surface area contributed by atoms with Crippen molar-refractivity contribution in [2.45, 2.75) is 18.4 Å². The molecule has 5 heteroatoms. The van der Waals surface area contributed by atoms with Gasteiger partial charge in [0.2, 0.25) is 0 Å². The molecule has 2 N–H and O–H groups in total. The van der Waals surface area contributed by atoms with Crippen LogP contribution in [0.25, 0.3) is 0 Å². The minimum absolute atomic E-state index is 0.343. The van der Waals surface area contributed by atoms with E-state index >= 15 is 0 Å². The summed E-state index contributed by atoms with van der Waals surface area (Å²) >= 11 is 0. The minimum Gasteiger partial charge on any atom is -0.375 e. The lowest BCUT2D eigenvalue weighted by Gasteiger charge is -2.20. The van der Waals surface area contributed by atoms with Crippen molar-refractivity contribution < 1.29 is 9.90 Å². The van der Waals surface area contributed by atoms with E-state index in [1.54, 1.807) is 23.0 Å². The molecule has 0 spiro atoms. The maximum Gasteiger partial charge on any atom is 0.261 e. The van der Waals surface area contributed by atoms with E-state index in [9.17, 15) is 9.90 Å². The summed E-state index contributed by atoms with van der Waals surface area (Å²) in [6.07, 6.45) is 2.65. The van der Waals surface area contributed by atoms with E-state index in [-0.39, 0.29) is 5.91 Å². The molecule has 5 nitrogen and oxygen atoms in total. The van der Waals surface area contributed by atoms with E-state index in [1.165, 1.54) is 0 Å². The monoisotopic (exact) mass is 257 g/mol. The zero-order valence-electron chi connectivity index (χ0n) is 10.6. The molecule has 98 valence electrons. The third-order valence-corrected chi connectivity index (χ3v) is 3.66. The first-order valence-electron chi connectivity index (χ1n) is 6.21. The fourth-order valence-electron chi connectivity index (χ4n) is 2.50. The van der Waals surface area contributed by atoms with Crippen molar-refractivity contribution in [3.05, 3.63) is 47.8 Å². The fourth-order valence-corrected chi connectivity index (χ4v) is 2.50. The van der Waals surface area contributed by atoms with Crippen molar-refractivity contribution in [2.24, 2.45) is 7.05 Å². The second-order valence-electron chi connectivity index (χ2n) is 4.81. The number of aryl methyl sites for hydroxylation is 2. The first-order chi connectivity index (χ1) is 9.11. The number of anilines is 1. The number of carbonyl (C=O) groups is 1. The number of amides is 1. The molecular formula is C14H15N3O2. The van der Waals surface area contributed by atoms with Crippen LogP contribution in [0.1, 0.15) is 17.7 Å². The lowest BCUT2D eigenvalue weighted by molar-refractivity contribution is -0.134. The van der Waals surface area contributed by atoms with Gasteiger partial charge in [-0.05, 0) is 25.0 Å². The van der Waals surface area contributed by atoms with Gasteiger partial charge in [0.05, 0.1) is 0 Å². The van der Waals surface area contributed by atoms with Crippen LogP contribution >= 0.6 is 0 Å². The molecule has 1 aliphatic rings. The molecule has 2 heterocycles. The Morgan fingerprint density at radius 2 is 2.16 bits per heavy atom. The third-order valence-electron chi connectivity index (χ3n) is 3.66. The number of nitrogens with one attached hydrogen (secondary N) is 1. The Morgan fingerprint density at radius 1 is 1.37 bits per heavy atom. The van der Waals surface area contributed by atoms with Crippen molar-refractivity contribution >= 4 is 11.6 Å². The molecule has 1 aromatic heterocycles. The van der Waals surface area contributed by atoms with Gasteiger partial charge in [0, 0.05) is 30.2 Å². The van der Waals surface area contributed by atoms with Crippen LogP contribution in [-0.4, -0.2) is 20.8 Å². The summed E-state index contributed by atoms with van der Waals surface area (Å²) in [6.45, 7) is 0. The molecule has 0 saturated carbocycles. The molecule has 1 atom stereocenters. The van der Waals surface area contributed by atoms with E-state index in [2.05, 4.69) is 10.4 Å². The first-order valence-corrected chi connectivity index (χ1v) is 6.21. The first kappa shape index (κ1) is 11.9. The second-order valence-corrected chi connectivity index (χ2v) is 4.81. The van der Waals surface area contributed by atoms with Gasteiger partial charge >= 0.3 is 0 Å². The number of nitrogens with zero attached hydrogens (tertiary/aromatic N) is 2. The number of aromatic nitrogens is 2. The van der Waals surface area contributed by atoms with Crippen molar-refractivity contribution in [3.8, 4) is 0 Å². The number of hydrogen-bond acceptors (Lipinski definition) is 3. The number of carbonyl (C=O) groups excluding carboxylic acids is 1. The number of aliphatic hydroxyl groups is 1. The molecule has 2 aromatic rings. The maximum absolute atomic E-state index is 12.0. The summed E-state index contributed by atoms with van der Waals surface area (Å²) in [6, 6.07) is 9.15. The van der Waals surface area contributed by atoms with E-state index in [0.717, 1.165) is 5.69 Å². The number of fused-ring (bicyclic) bond motifs is 1. The highest BCUT2D eigenvalue weighted by Gasteiger charge is 2.44. The van der Waals surface area contributed by atoms with Crippen LogP contribution in [0, 0.1) is 0 Å². The van der Waals surface area contributed by atoms with Gasteiger partial charge < -0.3 is 10.4 Å². The molecule has 0 aliphatic carbocycles. The average molecular weight is 257 g/mol. The maximum atomic E-state index is 12.0. The van der Waals surface area contributed by atoms with Crippen LogP contribution in [0.3, 0.4) is 0 Å². The van der Waals surface area contributed by atoms with Crippen LogP contribution in [0.15, 0.2) is 36.5 Å². The Balaban J connectivity index is 1.87. The summed E-state index contributed by atoms with van der Waals surface area (Å²) in [5, 5.41) is 17.5. The summed E-state index contributed by atoms with van der Waals surface area (Å²) in [4.78, 5) is 12.0. The fraction of sp³-hybridized carbons (Fsp3) is 0.286. The number of rotatable bonds is 3. The van der Waals surface area contributed by atoms with E-state index in [4.69, 9.17) is 0 Å². The molecule has 19 heavy (non-hydrogen) atoms. The quantitative estimate of drug-likeness (QED) is 0.868. The van der Waals surface area contributed by atoms with E-state index < -0.39 is 5.60 Å². The highest BCUT2D eigenvalue weighted by molar-refractivity contribution is 6.04. The zero-order valence-corrected chi connectivity index (χ0v) is 10.6. The van der Waals surface area contributed by atoms with Gasteiger partial charge in [-0.3, -0.25) is 9.48 Å². The molecule has 0 radical (unpaired) electrons. The third kappa shape index (κ3) is 1.82. The Labute approximate surface area is 110 Å². The van der Waals surface area contributed by atoms with Crippen molar-refractivity contribution in [1.29, 1.82) is 0 Å². The molecule has 3 rings (SSSR count). The van der Waals surface area contributed by atoms with Crippen LogP contribution in [0.5, 0.6) is 0 Å². The largest absolute Gasteiger partial charge is 0.375 e. The highest BCUT2D eigenvalue weighted by atomic mass is 16.3.